The maximum absolute atomic E-state index is 12.9. The number of nitrogens with zero attached hydrogens (tertiary/aromatic N) is 4. The minimum absolute atomic E-state index is 0.0190. The van der Waals surface area contributed by atoms with Gasteiger partial charge >= 0.3 is 0 Å². The molecule has 1 aromatic carbocycles. The highest BCUT2D eigenvalue weighted by atomic mass is 32.2. The van der Waals surface area contributed by atoms with E-state index in [0.717, 1.165) is 29.9 Å². The van der Waals surface area contributed by atoms with Gasteiger partial charge in [0.2, 0.25) is 10.0 Å². The van der Waals surface area contributed by atoms with Gasteiger partial charge in [-0.2, -0.15) is 4.31 Å². The molecule has 0 spiro atoms. The van der Waals surface area contributed by atoms with E-state index in [-0.39, 0.29) is 11.8 Å². The Morgan fingerprint density at radius 1 is 1.21 bits per heavy atom. The molecular weight excluding hydrogens is 324 g/mol. The highest BCUT2D eigenvalue weighted by Crippen LogP contribution is 2.34. The van der Waals surface area contributed by atoms with Crippen molar-refractivity contribution in [3.05, 3.63) is 54.0 Å². The fourth-order valence-electron chi connectivity index (χ4n) is 2.98. The molecule has 0 amide bonds. The highest BCUT2D eigenvalue weighted by molar-refractivity contribution is 7.88. The molecule has 0 aliphatic carbocycles. The first-order valence-electron chi connectivity index (χ1n) is 8.00. The van der Waals surface area contributed by atoms with Crippen molar-refractivity contribution >= 4 is 15.8 Å². The molecule has 3 rings (SSSR count). The Morgan fingerprint density at radius 2 is 1.96 bits per heavy atom. The van der Waals surface area contributed by atoms with Crippen molar-refractivity contribution in [2.24, 2.45) is 0 Å². The van der Waals surface area contributed by atoms with Crippen molar-refractivity contribution in [3.8, 4) is 0 Å². The Morgan fingerprint density at radius 3 is 2.67 bits per heavy atom. The summed E-state index contributed by atoms with van der Waals surface area (Å²) < 4.78 is 27.3. The summed E-state index contributed by atoms with van der Waals surface area (Å²) in [5.41, 5.74) is 1.52. The van der Waals surface area contributed by atoms with Gasteiger partial charge in [-0.1, -0.05) is 30.3 Å². The zero-order valence-electron chi connectivity index (χ0n) is 14.0. The molecule has 1 aliphatic rings. The quantitative estimate of drug-likeness (QED) is 0.830. The minimum Gasteiger partial charge on any atom is -0.361 e. The Kier molecular flexibility index (Phi) is 4.82. The first-order chi connectivity index (χ1) is 11.5. The van der Waals surface area contributed by atoms with E-state index in [2.05, 4.69) is 9.97 Å². The smallest absolute Gasteiger partial charge is 0.218 e. The second-order valence-electron chi connectivity index (χ2n) is 6.21. The van der Waals surface area contributed by atoms with Crippen LogP contribution in [0.3, 0.4) is 0 Å². The molecule has 6 nitrogen and oxygen atoms in total. The number of hydrogen-bond acceptors (Lipinski definition) is 5. The molecule has 1 aromatic heterocycles. The highest BCUT2D eigenvalue weighted by Gasteiger charge is 2.36. The van der Waals surface area contributed by atoms with Crippen LogP contribution in [0, 0.1) is 0 Å². The summed E-state index contributed by atoms with van der Waals surface area (Å²) in [6.45, 7) is 0.535. The van der Waals surface area contributed by atoms with Gasteiger partial charge in [-0.25, -0.2) is 13.4 Å². The van der Waals surface area contributed by atoms with Gasteiger partial charge in [-0.3, -0.25) is 4.98 Å². The SMILES string of the molecule is CN(C)c1cncc([C@@H]2CCCN2S(=O)(=O)Cc2ccccc2)n1. The number of benzene rings is 1. The third-order valence-corrected chi connectivity index (χ3v) is 6.04. The predicted molar refractivity (Wildman–Crippen MR) is 94.1 cm³/mol. The van der Waals surface area contributed by atoms with Crippen molar-refractivity contribution in [1.82, 2.24) is 14.3 Å². The van der Waals surface area contributed by atoms with E-state index in [9.17, 15) is 8.42 Å². The van der Waals surface area contributed by atoms with Gasteiger partial charge in [-0.15, -0.1) is 0 Å². The Bertz CT molecular complexity index is 793. The van der Waals surface area contributed by atoms with Gasteiger partial charge in [0.1, 0.15) is 5.82 Å². The van der Waals surface area contributed by atoms with Crippen LogP contribution in [-0.2, 0) is 15.8 Å². The third kappa shape index (κ3) is 3.57. The lowest BCUT2D eigenvalue weighted by Gasteiger charge is -2.24. The molecule has 0 bridgehead atoms. The monoisotopic (exact) mass is 346 g/mol. The Hall–Kier alpha value is -1.99. The summed E-state index contributed by atoms with van der Waals surface area (Å²) in [6, 6.07) is 9.06. The zero-order chi connectivity index (χ0) is 17.2. The zero-order valence-corrected chi connectivity index (χ0v) is 14.8. The summed E-state index contributed by atoms with van der Waals surface area (Å²) >= 11 is 0. The topological polar surface area (TPSA) is 66.4 Å². The molecule has 0 unspecified atom stereocenters. The van der Waals surface area contributed by atoms with E-state index in [4.69, 9.17) is 0 Å². The van der Waals surface area contributed by atoms with Gasteiger partial charge in [0.15, 0.2) is 0 Å². The van der Waals surface area contributed by atoms with Gasteiger partial charge < -0.3 is 4.90 Å². The Labute approximate surface area is 143 Å². The molecule has 1 fully saturated rings. The normalized spacial score (nSPS) is 18.7. The summed E-state index contributed by atoms with van der Waals surface area (Å²) in [5.74, 6) is 0.755. The second-order valence-corrected chi connectivity index (χ2v) is 8.13. The van der Waals surface area contributed by atoms with Crippen LogP contribution in [0.25, 0.3) is 0 Å². The van der Waals surface area contributed by atoms with Crippen LogP contribution >= 0.6 is 0 Å². The van der Waals surface area contributed by atoms with Crippen LogP contribution in [0.4, 0.5) is 5.82 Å². The number of hydrogen-bond donors (Lipinski definition) is 0. The minimum atomic E-state index is -3.39. The number of rotatable bonds is 5. The average Bonchev–Trinajstić information content (AvgIpc) is 3.06. The van der Waals surface area contributed by atoms with Crippen LogP contribution in [0.15, 0.2) is 42.7 Å². The molecule has 1 atom stereocenters. The van der Waals surface area contributed by atoms with Gasteiger partial charge in [0, 0.05) is 20.6 Å². The fraction of sp³-hybridized carbons (Fsp3) is 0.412. The number of sulfonamides is 1. The average molecular weight is 346 g/mol. The Balaban J connectivity index is 1.86. The van der Waals surface area contributed by atoms with Crippen molar-refractivity contribution < 1.29 is 8.42 Å². The van der Waals surface area contributed by atoms with Crippen LogP contribution in [-0.4, -0.2) is 43.3 Å². The first-order valence-corrected chi connectivity index (χ1v) is 9.61. The van der Waals surface area contributed by atoms with E-state index in [1.165, 1.54) is 0 Å². The lowest BCUT2D eigenvalue weighted by atomic mass is 10.2. The van der Waals surface area contributed by atoms with E-state index in [0.29, 0.717) is 6.54 Å². The van der Waals surface area contributed by atoms with Crippen LogP contribution in [0.2, 0.25) is 0 Å². The maximum Gasteiger partial charge on any atom is 0.218 e. The van der Waals surface area contributed by atoms with Gasteiger partial charge in [0.05, 0.1) is 29.9 Å². The molecule has 7 heteroatoms. The molecule has 2 heterocycles. The van der Waals surface area contributed by atoms with E-state index in [1.54, 1.807) is 16.7 Å². The van der Waals surface area contributed by atoms with E-state index in [1.807, 2.05) is 49.3 Å². The molecular formula is C17H22N4O2S. The van der Waals surface area contributed by atoms with Crippen molar-refractivity contribution in [3.63, 3.8) is 0 Å². The van der Waals surface area contributed by atoms with Crippen molar-refractivity contribution in [2.45, 2.75) is 24.6 Å². The van der Waals surface area contributed by atoms with Gasteiger partial charge in [-0.05, 0) is 18.4 Å². The summed E-state index contributed by atoms with van der Waals surface area (Å²) in [7, 11) is 0.399. The summed E-state index contributed by atoms with van der Waals surface area (Å²) in [4.78, 5) is 10.7. The number of anilines is 1. The lowest BCUT2D eigenvalue weighted by molar-refractivity contribution is 0.389. The maximum atomic E-state index is 12.9. The fourth-order valence-corrected chi connectivity index (χ4v) is 4.77. The predicted octanol–water partition coefficient (Wildman–Crippen LogP) is 2.21. The third-order valence-electron chi connectivity index (χ3n) is 4.19. The summed E-state index contributed by atoms with van der Waals surface area (Å²) in [6.07, 6.45) is 4.97. The van der Waals surface area contributed by atoms with E-state index >= 15 is 0 Å². The van der Waals surface area contributed by atoms with Crippen molar-refractivity contribution in [1.29, 1.82) is 0 Å². The summed E-state index contributed by atoms with van der Waals surface area (Å²) in [5, 5.41) is 0. The molecule has 0 radical (unpaired) electrons. The molecule has 1 aliphatic heterocycles. The van der Waals surface area contributed by atoms with E-state index < -0.39 is 10.0 Å². The van der Waals surface area contributed by atoms with Crippen LogP contribution in [0.1, 0.15) is 30.1 Å². The molecule has 128 valence electrons. The molecule has 24 heavy (non-hydrogen) atoms. The second kappa shape index (κ2) is 6.86. The standard InChI is InChI=1S/C17H22N4O2S/c1-20(2)17-12-18-11-15(19-17)16-9-6-10-21(16)24(22,23)13-14-7-4-3-5-8-14/h3-5,7-8,11-12,16H,6,9-10,13H2,1-2H3/t16-/m0/s1. The molecule has 1 saturated heterocycles. The molecule has 2 aromatic rings. The largest absolute Gasteiger partial charge is 0.361 e. The molecule has 0 saturated carbocycles. The molecule has 0 N–H and O–H groups in total. The van der Waals surface area contributed by atoms with Crippen LogP contribution < -0.4 is 4.90 Å². The lowest BCUT2D eigenvalue weighted by Crippen LogP contribution is -2.32. The van der Waals surface area contributed by atoms with Crippen molar-refractivity contribution in [2.75, 3.05) is 25.5 Å². The van der Waals surface area contributed by atoms with Gasteiger partial charge in [0.25, 0.3) is 0 Å². The van der Waals surface area contributed by atoms with Crippen LogP contribution in [0.5, 0.6) is 0 Å². The first kappa shape index (κ1) is 16.9. The number of aromatic nitrogens is 2.